The van der Waals surface area contributed by atoms with Crippen molar-refractivity contribution in [1.29, 1.82) is 0 Å². The Labute approximate surface area is 211 Å². The third-order valence-corrected chi connectivity index (χ3v) is 7.79. The summed E-state index contributed by atoms with van der Waals surface area (Å²) < 4.78 is 1.69. The summed E-state index contributed by atoms with van der Waals surface area (Å²) in [4.78, 5) is 0. The molecule has 0 saturated heterocycles. The Morgan fingerprint density at radius 1 is 0.967 bits per heavy atom. The predicted molar refractivity (Wildman–Crippen MR) is 119 cm³/mol. The number of rotatable bonds is 2. The van der Waals surface area contributed by atoms with Crippen LogP contribution >= 0.6 is 0 Å². The summed E-state index contributed by atoms with van der Waals surface area (Å²) >= 11 is 1.61. The largest absolute Gasteiger partial charge is 1.00 e. The van der Waals surface area contributed by atoms with Crippen LogP contribution in [-0.4, -0.2) is 3.21 Å². The van der Waals surface area contributed by atoms with Crippen molar-refractivity contribution in [2.75, 3.05) is 0 Å². The molecule has 30 heavy (non-hydrogen) atoms. The first kappa shape index (κ1) is 29.3. The van der Waals surface area contributed by atoms with Crippen molar-refractivity contribution in [2.45, 2.75) is 48.0 Å². The van der Waals surface area contributed by atoms with Crippen molar-refractivity contribution in [1.82, 2.24) is 0 Å². The van der Waals surface area contributed by atoms with Gasteiger partial charge < -0.3 is 24.8 Å². The van der Waals surface area contributed by atoms with Gasteiger partial charge in [0.25, 0.3) is 0 Å². The van der Waals surface area contributed by atoms with Crippen molar-refractivity contribution < 1.29 is 49.0 Å². The van der Waals surface area contributed by atoms with Gasteiger partial charge in [0.1, 0.15) is 0 Å². The fourth-order valence-corrected chi connectivity index (χ4v) is 3.41. The second kappa shape index (κ2) is 14.3. The van der Waals surface area contributed by atoms with Crippen molar-refractivity contribution in [3.05, 3.63) is 83.5 Å². The first-order valence-corrected chi connectivity index (χ1v) is 11.5. The minimum Gasteiger partial charge on any atom is -1.00 e. The van der Waals surface area contributed by atoms with Crippen LogP contribution in [0, 0.1) is 29.9 Å². The molecule has 2 aromatic rings. The Bertz CT molecular complexity index is 809. The Kier molecular flexibility index (Phi) is 14.0. The van der Waals surface area contributed by atoms with Gasteiger partial charge in [-0.05, 0) is 6.42 Å². The first-order chi connectivity index (χ1) is 13.3. The van der Waals surface area contributed by atoms with Crippen LogP contribution in [0.15, 0.2) is 60.2 Å². The summed E-state index contributed by atoms with van der Waals surface area (Å²) in [5.41, 5.74) is 6.78. The molecule has 0 fully saturated rings. The van der Waals surface area contributed by atoms with Crippen LogP contribution in [0.2, 0.25) is 0 Å². The summed E-state index contributed by atoms with van der Waals surface area (Å²) in [5, 5.41) is 0. The Hall–Kier alpha value is -0.747. The van der Waals surface area contributed by atoms with Crippen molar-refractivity contribution in [2.24, 2.45) is 17.8 Å². The van der Waals surface area contributed by atoms with E-state index in [1.54, 1.807) is 27.4 Å². The van der Waals surface area contributed by atoms with E-state index in [-0.39, 0.29) is 24.8 Å². The summed E-state index contributed by atoms with van der Waals surface area (Å²) in [5.74, 6) is 2.15. The third-order valence-electron chi connectivity index (χ3n) is 4.95. The van der Waals surface area contributed by atoms with Gasteiger partial charge in [-0.25, -0.2) is 11.6 Å². The molecule has 0 saturated carbocycles. The van der Waals surface area contributed by atoms with Crippen LogP contribution in [0.4, 0.5) is 0 Å². The first-order valence-electron chi connectivity index (χ1n) is 10.2. The number of halogens is 2. The zero-order valence-electron chi connectivity index (χ0n) is 18.9. The smallest absolute Gasteiger partial charge is 0.0253 e. The Balaban J connectivity index is 0.000000436. The summed E-state index contributed by atoms with van der Waals surface area (Å²) in [7, 11) is 0. The zero-order chi connectivity index (χ0) is 20.7. The monoisotopic (exact) mass is 516 g/mol. The molecule has 2 aliphatic carbocycles. The number of hydrogen-bond acceptors (Lipinski definition) is 0. The van der Waals surface area contributed by atoms with E-state index >= 15 is 0 Å². The Morgan fingerprint density at radius 2 is 1.57 bits per heavy atom. The molecule has 0 nitrogen and oxygen atoms in total. The van der Waals surface area contributed by atoms with Gasteiger partial charge in [0.05, 0.1) is 0 Å². The number of allylic oxidation sites excluding steroid dienone is 4. The average Bonchev–Trinajstić information content (AvgIpc) is 3.24. The Morgan fingerprint density at radius 3 is 2.03 bits per heavy atom. The summed E-state index contributed by atoms with van der Waals surface area (Å²) in [6.07, 6.45) is 8.52. The fourth-order valence-electron chi connectivity index (χ4n) is 3.41. The molecule has 0 aliphatic heterocycles. The molecular weight excluding hydrogens is 486 g/mol. The van der Waals surface area contributed by atoms with Gasteiger partial charge in [-0.1, -0.05) is 55.2 Å². The van der Waals surface area contributed by atoms with E-state index in [4.69, 9.17) is 0 Å². The summed E-state index contributed by atoms with van der Waals surface area (Å²) in [6.45, 7) is 13.3. The molecular formula is C27H32Cl2Zr-2. The van der Waals surface area contributed by atoms with E-state index in [1.807, 2.05) is 6.07 Å². The molecule has 2 aliphatic rings. The van der Waals surface area contributed by atoms with Gasteiger partial charge >= 0.3 is 67.0 Å². The van der Waals surface area contributed by atoms with Crippen LogP contribution in [0.1, 0.15) is 52.7 Å². The van der Waals surface area contributed by atoms with Crippen LogP contribution in [-0.2, 0) is 30.7 Å². The molecule has 0 spiro atoms. The molecule has 0 bridgehead atoms. The number of benzene rings is 2. The molecule has 0 N–H and O–H groups in total. The van der Waals surface area contributed by atoms with Gasteiger partial charge in [0, 0.05) is 0 Å². The van der Waals surface area contributed by atoms with Gasteiger partial charge in [-0.15, -0.1) is 5.56 Å². The van der Waals surface area contributed by atoms with Gasteiger partial charge in [-0.3, -0.25) is 6.08 Å². The molecule has 0 radical (unpaired) electrons. The van der Waals surface area contributed by atoms with E-state index in [0.717, 1.165) is 18.3 Å². The predicted octanol–water partition coefficient (Wildman–Crippen LogP) is 1.03. The second-order valence-electron chi connectivity index (χ2n) is 8.14. The van der Waals surface area contributed by atoms with E-state index in [0.29, 0.717) is 5.92 Å². The molecule has 1 unspecified atom stereocenters. The molecule has 4 rings (SSSR count). The van der Waals surface area contributed by atoms with Crippen LogP contribution in [0.25, 0.3) is 11.1 Å². The van der Waals surface area contributed by atoms with E-state index in [9.17, 15) is 0 Å². The minimum atomic E-state index is 0. The number of fused-ring (bicyclic) bond motifs is 3. The molecule has 3 heteroatoms. The average molecular weight is 519 g/mol. The van der Waals surface area contributed by atoms with Crippen molar-refractivity contribution in [3.8, 4) is 11.1 Å². The molecule has 0 heterocycles. The third kappa shape index (κ3) is 8.78. The standard InChI is InChI=1S/C13H9.C7H9.C7H14.2ClH.Zr/c1-3-7-12-10(5-1)9-11-6-2-4-8-13(11)12;1-6-3-4-7(2)5-6;1-6(2)5-7(3)4;;;/h1-5,7-8H,9H2;3-4,6H,1-2H3;6-7H,1-4H3;2*1H;/q2*-1;;;;+2/p-2. The minimum absolute atomic E-state index is 0. The van der Waals surface area contributed by atoms with Crippen LogP contribution < -0.4 is 24.8 Å². The number of hydrogen-bond donors (Lipinski definition) is 0. The molecule has 1 atom stereocenters. The fraction of sp³-hybridized carbons (Fsp3) is 0.370. The van der Waals surface area contributed by atoms with Crippen molar-refractivity contribution >= 4 is 3.21 Å². The van der Waals surface area contributed by atoms with Crippen LogP contribution in [0.5, 0.6) is 0 Å². The normalized spacial score (nSPS) is 14.9. The second-order valence-corrected chi connectivity index (χ2v) is 9.56. The van der Waals surface area contributed by atoms with E-state index in [2.05, 4.69) is 102 Å². The maximum absolute atomic E-state index is 3.30. The van der Waals surface area contributed by atoms with Gasteiger partial charge in [0.2, 0.25) is 0 Å². The molecule has 160 valence electrons. The zero-order valence-corrected chi connectivity index (χ0v) is 22.9. The summed E-state index contributed by atoms with van der Waals surface area (Å²) in [6, 6.07) is 18.1. The van der Waals surface area contributed by atoms with Crippen molar-refractivity contribution in [3.63, 3.8) is 0 Å². The maximum Gasteiger partial charge on any atom is -0.0253 e. The molecule has 2 aromatic carbocycles. The van der Waals surface area contributed by atoms with Gasteiger partial charge in [-0.2, -0.15) is 35.9 Å². The van der Waals surface area contributed by atoms with E-state index in [1.165, 1.54) is 27.8 Å². The molecule has 0 aromatic heterocycles. The maximum atomic E-state index is 3.30. The van der Waals surface area contributed by atoms with E-state index < -0.39 is 0 Å². The van der Waals surface area contributed by atoms with Gasteiger partial charge in [0.15, 0.2) is 0 Å². The van der Waals surface area contributed by atoms with Crippen LogP contribution in [0.3, 0.4) is 0 Å². The SMILES string of the molecule is CC(C)[C](=[Zr+2])C(C)C.CC1=[C-]C(C)C=C1.[Cl-].[Cl-].[c-]1cccc2c1Cc1ccccc1-2. The quantitative estimate of drug-likeness (QED) is 0.445. The molecule has 0 amide bonds. The topological polar surface area (TPSA) is 0 Å².